The van der Waals surface area contributed by atoms with Gasteiger partial charge in [-0.05, 0) is 55.3 Å². The molecule has 1 saturated carbocycles. The summed E-state index contributed by atoms with van der Waals surface area (Å²) in [6, 6.07) is 9.93. The van der Waals surface area contributed by atoms with Gasteiger partial charge in [-0.1, -0.05) is 25.7 Å². The maximum atomic E-state index is 14.0. The van der Waals surface area contributed by atoms with Gasteiger partial charge in [0.1, 0.15) is 6.04 Å². The van der Waals surface area contributed by atoms with Gasteiger partial charge in [0, 0.05) is 11.6 Å². The lowest BCUT2D eigenvalue weighted by molar-refractivity contribution is -0.123. The molecule has 4 rings (SSSR count). The molecule has 9 heteroatoms. The van der Waals surface area contributed by atoms with E-state index in [9.17, 15) is 19.2 Å². The van der Waals surface area contributed by atoms with E-state index in [1.165, 1.54) is 45.6 Å². The smallest absolute Gasteiger partial charge is 0.337 e. The van der Waals surface area contributed by atoms with Crippen molar-refractivity contribution in [1.29, 1.82) is 0 Å². The molecule has 196 valence electrons. The summed E-state index contributed by atoms with van der Waals surface area (Å²) in [6.45, 7) is 0. The predicted molar refractivity (Wildman–Crippen MR) is 136 cm³/mol. The Bertz CT molecular complexity index is 1170. The maximum absolute atomic E-state index is 14.0. The van der Waals surface area contributed by atoms with Gasteiger partial charge >= 0.3 is 5.97 Å². The highest BCUT2D eigenvalue weighted by Crippen LogP contribution is 2.34. The van der Waals surface area contributed by atoms with Crippen LogP contribution in [0.1, 0.15) is 65.7 Å². The monoisotopic (exact) mass is 508 g/mol. The van der Waals surface area contributed by atoms with Crippen molar-refractivity contribution in [3.05, 3.63) is 53.6 Å². The molecular formula is C28H32N2O7. The number of hydrogen-bond acceptors (Lipinski definition) is 7. The first kappa shape index (κ1) is 26.2. The Kier molecular flexibility index (Phi) is 8.11. The number of amides is 3. The van der Waals surface area contributed by atoms with Crippen molar-refractivity contribution in [2.75, 3.05) is 26.2 Å². The van der Waals surface area contributed by atoms with E-state index in [4.69, 9.17) is 14.2 Å². The summed E-state index contributed by atoms with van der Waals surface area (Å²) in [5.41, 5.74) is 1.03. The predicted octanol–water partition coefficient (Wildman–Crippen LogP) is 3.99. The lowest BCUT2D eigenvalue weighted by atomic mass is 10.0. The summed E-state index contributed by atoms with van der Waals surface area (Å²) in [5.74, 6) is -0.761. The minimum absolute atomic E-state index is 0.104. The molecule has 0 bridgehead atoms. The van der Waals surface area contributed by atoms with Crippen molar-refractivity contribution in [2.45, 2.75) is 57.0 Å². The highest BCUT2D eigenvalue weighted by atomic mass is 16.5. The third kappa shape index (κ3) is 5.30. The number of carbonyl (C=O) groups excluding carboxylic acids is 4. The van der Waals surface area contributed by atoms with Gasteiger partial charge in [0.15, 0.2) is 11.5 Å². The Hall–Kier alpha value is -3.88. The van der Waals surface area contributed by atoms with Crippen molar-refractivity contribution >= 4 is 29.4 Å². The first-order chi connectivity index (χ1) is 17.9. The molecule has 37 heavy (non-hydrogen) atoms. The van der Waals surface area contributed by atoms with Crippen LogP contribution in [0.4, 0.5) is 5.69 Å². The maximum Gasteiger partial charge on any atom is 0.337 e. The molecule has 1 unspecified atom stereocenters. The molecule has 1 heterocycles. The Morgan fingerprint density at radius 3 is 2.05 bits per heavy atom. The van der Waals surface area contributed by atoms with E-state index >= 15 is 0 Å². The summed E-state index contributed by atoms with van der Waals surface area (Å²) in [5, 5.41) is 0. The SMILES string of the molecule is COC(=O)c1ccc(N2C(=O)CC(N(C(=O)c3ccc(OC)c(OC)c3)C3CCCCCC3)C2=O)cc1. The average Bonchev–Trinajstić information content (AvgIpc) is 3.08. The number of ether oxygens (including phenoxy) is 3. The van der Waals surface area contributed by atoms with E-state index in [-0.39, 0.29) is 24.3 Å². The van der Waals surface area contributed by atoms with Crippen LogP contribution in [0, 0.1) is 0 Å². The number of imide groups is 1. The number of carbonyl (C=O) groups is 4. The van der Waals surface area contributed by atoms with Crippen LogP contribution < -0.4 is 14.4 Å². The molecule has 3 amide bonds. The molecule has 9 nitrogen and oxygen atoms in total. The molecule has 1 aliphatic carbocycles. The first-order valence-electron chi connectivity index (χ1n) is 12.5. The van der Waals surface area contributed by atoms with Crippen molar-refractivity contribution in [2.24, 2.45) is 0 Å². The molecule has 2 aliphatic rings. The van der Waals surface area contributed by atoms with Crippen LogP contribution in [0.5, 0.6) is 11.5 Å². The standard InChI is InChI=1S/C28H32N2O7/c1-35-23-15-12-19(16-24(23)36-2)26(32)29(20-8-6-4-5-7-9-20)22-17-25(31)30(27(22)33)21-13-10-18(11-14-21)28(34)37-3/h10-16,20,22H,4-9,17H2,1-3H3. The topological polar surface area (TPSA) is 102 Å². The molecule has 2 aromatic rings. The lowest BCUT2D eigenvalue weighted by Gasteiger charge is -2.35. The van der Waals surface area contributed by atoms with Crippen LogP contribution >= 0.6 is 0 Å². The molecule has 1 atom stereocenters. The third-order valence-corrected chi connectivity index (χ3v) is 7.09. The number of hydrogen-bond donors (Lipinski definition) is 0. The molecule has 1 saturated heterocycles. The van der Waals surface area contributed by atoms with Crippen molar-refractivity contribution in [3.8, 4) is 11.5 Å². The summed E-state index contributed by atoms with van der Waals surface area (Å²) in [7, 11) is 4.30. The van der Waals surface area contributed by atoms with E-state index in [0.29, 0.717) is 28.3 Å². The van der Waals surface area contributed by atoms with E-state index < -0.39 is 17.9 Å². The number of esters is 1. The quantitative estimate of drug-likeness (QED) is 0.317. The third-order valence-electron chi connectivity index (χ3n) is 7.09. The van der Waals surface area contributed by atoms with E-state index in [2.05, 4.69) is 0 Å². The summed E-state index contributed by atoms with van der Waals surface area (Å²) in [6.07, 6.45) is 5.49. The highest BCUT2D eigenvalue weighted by molar-refractivity contribution is 6.23. The van der Waals surface area contributed by atoms with Gasteiger partial charge in [0.2, 0.25) is 5.91 Å². The second-order valence-corrected chi connectivity index (χ2v) is 9.25. The Balaban J connectivity index is 1.68. The molecule has 0 aromatic heterocycles. The number of nitrogens with zero attached hydrogens (tertiary/aromatic N) is 2. The van der Waals surface area contributed by atoms with Gasteiger partial charge < -0.3 is 19.1 Å². The molecular weight excluding hydrogens is 476 g/mol. The molecule has 0 N–H and O–H groups in total. The zero-order valence-electron chi connectivity index (χ0n) is 21.4. The van der Waals surface area contributed by atoms with Crippen molar-refractivity contribution in [3.63, 3.8) is 0 Å². The lowest BCUT2D eigenvalue weighted by Crippen LogP contribution is -2.50. The molecule has 2 aromatic carbocycles. The van der Waals surface area contributed by atoms with Gasteiger partial charge in [-0.25, -0.2) is 9.69 Å². The van der Waals surface area contributed by atoms with Gasteiger partial charge in [-0.2, -0.15) is 0 Å². The van der Waals surface area contributed by atoms with Crippen LogP contribution in [0.15, 0.2) is 42.5 Å². The van der Waals surface area contributed by atoms with E-state index in [1.807, 2.05) is 0 Å². The Morgan fingerprint density at radius 2 is 1.46 bits per heavy atom. The van der Waals surface area contributed by atoms with Crippen LogP contribution in [0.25, 0.3) is 0 Å². The second-order valence-electron chi connectivity index (χ2n) is 9.25. The first-order valence-corrected chi connectivity index (χ1v) is 12.5. The largest absolute Gasteiger partial charge is 0.493 e. The molecule has 0 radical (unpaired) electrons. The fraction of sp³-hybridized carbons (Fsp3) is 0.429. The Morgan fingerprint density at radius 1 is 0.838 bits per heavy atom. The summed E-state index contributed by atoms with van der Waals surface area (Å²) >= 11 is 0. The van der Waals surface area contributed by atoms with Crippen LogP contribution in [0.2, 0.25) is 0 Å². The zero-order chi connectivity index (χ0) is 26.5. The van der Waals surface area contributed by atoms with E-state index in [1.54, 1.807) is 23.1 Å². The number of methoxy groups -OCH3 is 3. The number of rotatable bonds is 7. The summed E-state index contributed by atoms with van der Waals surface area (Å²) < 4.78 is 15.4. The Labute approximate surface area is 216 Å². The molecule has 2 fully saturated rings. The number of benzene rings is 2. The van der Waals surface area contributed by atoms with Gasteiger partial charge in [-0.3, -0.25) is 14.4 Å². The molecule has 0 spiro atoms. The zero-order valence-corrected chi connectivity index (χ0v) is 21.4. The minimum atomic E-state index is -0.920. The number of anilines is 1. The highest BCUT2D eigenvalue weighted by Gasteiger charge is 2.46. The minimum Gasteiger partial charge on any atom is -0.493 e. The van der Waals surface area contributed by atoms with Crippen molar-refractivity contribution < 1.29 is 33.4 Å². The molecule has 1 aliphatic heterocycles. The van der Waals surface area contributed by atoms with Gasteiger partial charge in [-0.15, -0.1) is 0 Å². The van der Waals surface area contributed by atoms with Crippen molar-refractivity contribution in [1.82, 2.24) is 4.90 Å². The normalized spacial score (nSPS) is 18.4. The summed E-state index contributed by atoms with van der Waals surface area (Å²) in [4.78, 5) is 55.3. The van der Waals surface area contributed by atoms with Gasteiger partial charge in [0.05, 0.1) is 39.0 Å². The van der Waals surface area contributed by atoms with Gasteiger partial charge in [0.25, 0.3) is 11.8 Å². The average molecular weight is 509 g/mol. The van der Waals surface area contributed by atoms with Crippen LogP contribution in [0.3, 0.4) is 0 Å². The van der Waals surface area contributed by atoms with Crippen LogP contribution in [-0.2, 0) is 14.3 Å². The van der Waals surface area contributed by atoms with E-state index in [0.717, 1.165) is 43.4 Å². The fourth-order valence-corrected chi connectivity index (χ4v) is 5.19. The van der Waals surface area contributed by atoms with Crippen LogP contribution in [-0.4, -0.2) is 62.0 Å². The fourth-order valence-electron chi connectivity index (χ4n) is 5.19. The second kappa shape index (κ2) is 11.5.